The fraction of sp³-hybridized carbons (Fsp3) is 0.429. The van der Waals surface area contributed by atoms with Crippen molar-refractivity contribution in [2.24, 2.45) is 17.8 Å². The molecule has 2 saturated carbocycles. The first kappa shape index (κ1) is 27.1. The van der Waals surface area contributed by atoms with E-state index in [2.05, 4.69) is 10.1 Å². The lowest BCUT2D eigenvalue weighted by molar-refractivity contribution is -0.384. The number of benzene rings is 1. The fourth-order valence-electron chi connectivity index (χ4n) is 4.98. The number of ether oxygens (including phenoxy) is 4. The highest BCUT2D eigenvalue weighted by molar-refractivity contribution is 5.73. The molecule has 12 nitrogen and oxygen atoms in total. The van der Waals surface area contributed by atoms with Crippen molar-refractivity contribution >= 4 is 17.8 Å². The average molecular weight is 552 g/mol. The first-order valence-corrected chi connectivity index (χ1v) is 13.1. The van der Waals surface area contributed by atoms with Crippen LogP contribution in [-0.2, 0) is 20.9 Å². The molecule has 5 rings (SSSR count). The monoisotopic (exact) mass is 551 g/mol. The molecule has 0 unspecified atom stereocenters. The second-order valence-corrected chi connectivity index (χ2v) is 10.3. The zero-order chi connectivity index (χ0) is 28.4. The molecule has 40 heavy (non-hydrogen) atoms. The molecule has 3 aromatic rings. The highest BCUT2D eigenvalue weighted by Crippen LogP contribution is 2.52. The van der Waals surface area contributed by atoms with E-state index in [1.165, 1.54) is 24.3 Å². The Kier molecular flexibility index (Phi) is 7.67. The minimum atomic E-state index is -0.987. The third-order valence-corrected chi connectivity index (χ3v) is 7.07. The molecule has 2 aliphatic carbocycles. The Labute approximate surface area is 229 Å². The zero-order valence-corrected chi connectivity index (χ0v) is 22.3. The van der Waals surface area contributed by atoms with Crippen LogP contribution in [0.25, 0.3) is 11.5 Å². The topological polar surface area (TPSA) is 153 Å². The zero-order valence-electron chi connectivity index (χ0n) is 22.3. The van der Waals surface area contributed by atoms with Gasteiger partial charge in [-0.2, -0.15) is 0 Å². The van der Waals surface area contributed by atoms with E-state index in [4.69, 9.17) is 23.5 Å². The first-order chi connectivity index (χ1) is 19.2. The molecule has 0 N–H and O–H groups in total. The second-order valence-electron chi connectivity index (χ2n) is 10.3. The Morgan fingerprint density at radius 2 is 1.85 bits per heavy atom. The SMILES string of the molecule is Cc1noc(-c2ccc(O[C@@H]3C[C@H](C(=O)OC(C)C)C[C@@H]4C[C@@H]43)cn2)c1COC(=O)Oc1ccc([N+](=O)[O-])cc1. The van der Waals surface area contributed by atoms with Crippen LogP contribution in [0.5, 0.6) is 11.5 Å². The lowest BCUT2D eigenvalue weighted by atomic mass is 9.87. The number of nitro groups is 1. The van der Waals surface area contributed by atoms with E-state index in [0.29, 0.717) is 46.7 Å². The third kappa shape index (κ3) is 6.22. The van der Waals surface area contributed by atoms with E-state index in [1.54, 1.807) is 25.3 Å². The van der Waals surface area contributed by atoms with Crippen molar-refractivity contribution in [2.75, 3.05) is 0 Å². The summed E-state index contributed by atoms with van der Waals surface area (Å²) in [7, 11) is 0. The maximum Gasteiger partial charge on any atom is 0.514 e. The van der Waals surface area contributed by atoms with Crippen LogP contribution in [0.4, 0.5) is 10.5 Å². The molecule has 0 radical (unpaired) electrons. The molecule has 0 amide bonds. The molecule has 0 spiro atoms. The highest BCUT2D eigenvalue weighted by Gasteiger charge is 2.51. The third-order valence-electron chi connectivity index (χ3n) is 7.07. The van der Waals surface area contributed by atoms with Crippen molar-refractivity contribution in [1.82, 2.24) is 10.1 Å². The molecular weight excluding hydrogens is 522 g/mol. The molecule has 2 aliphatic rings. The van der Waals surface area contributed by atoms with Crippen LogP contribution in [-0.4, -0.2) is 39.4 Å². The van der Waals surface area contributed by atoms with Gasteiger partial charge in [0, 0.05) is 12.1 Å². The van der Waals surface area contributed by atoms with Crippen molar-refractivity contribution < 1.29 is 38.0 Å². The van der Waals surface area contributed by atoms with Crippen molar-refractivity contribution in [3.05, 3.63) is 64.0 Å². The van der Waals surface area contributed by atoms with Gasteiger partial charge in [0.15, 0.2) is 5.76 Å². The Hall–Kier alpha value is -4.48. The van der Waals surface area contributed by atoms with Gasteiger partial charge in [-0.25, -0.2) is 9.78 Å². The van der Waals surface area contributed by atoms with Crippen molar-refractivity contribution in [2.45, 2.75) is 58.8 Å². The van der Waals surface area contributed by atoms with Crippen LogP contribution in [0, 0.1) is 34.8 Å². The molecular formula is C28H29N3O9. The van der Waals surface area contributed by atoms with Crippen LogP contribution < -0.4 is 9.47 Å². The van der Waals surface area contributed by atoms with Crippen LogP contribution in [0.15, 0.2) is 47.1 Å². The van der Waals surface area contributed by atoms with Gasteiger partial charge >= 0.3 is 12.1 Å². The smallest absolute Gasteiger partial charge is 0.488 e. The summed E-state index contributed by atoms with van der Waals surface area (Å²) in [6, 6.07) is 8.56. The van der Waals surface area contributed by atoms with Gasteiger partial charge in [0.05, 0.1) is 34.4 Å². The number of pyridine rings is 1. The van der Waals surface area contributed by atoms with Gasteiger partial charge in [0.2, 0.25) is 0 Å². The summed E-state index contributed by atoms with van der Waals surface area (Å²) in [6.45, 7) is 5.22. The van der Waals surface area contributed by atoms with Crippen LogP contribution in [0.1, 0.15) is 44.4 Å². The number of carbonyl (C=O) groups is 2. The van der Waals surface area contributed by atoms with Crippen LogP contribution in [0.3, 0.4) is 0 Å². The van der Waals surface area contributed by atoms with E-state index in [1.807, 2.05) is 13.8 Å². The molecule has 12 heteroatoms. The number of nitro benzene ring substituents is 1. The van der Waals surface area contributed by atoms with Crippen molar-refractivity contribution in [3.8, 4) is 23.0 Å². The van der Waals surface area contributed by atoms with Gasteiger partial charge in [-0.1, -0.05) is 5.16 Å². The summed E-state index contributed by atoms with van der Waals surface area (Å²) in [4.78, 5) is 39.3. The average Bonchev–Trinajstić information content (AvgIpc) is 3.62. The van der Waals surface area contributed by atoms with E-state index in [0.717, 1.165) is 12.8 Å². The van der Waals surface area contributed by atoms with Gasteiger partial charge in [0.1, 0.15) is 29.9 Å². The maximum atomic E-state index is 12.5. The number of aromatic nitrogens is 2. The Bertz CT molecular complexity index is 1390. The molecule has 0 aliphatic heterocycles. The summed E-state index contributed by atoms with van der Waals surface area (Å²) in [6.07, 6.45) is 2.91. The summed E-state index contributed by atoms with van der Waals surface area (Å²) in [5, 5.41) is 14.7. The Morgan fingerprint density at radius 3 is 2.52 bits per heavy atom. The van der Waals surface area contributed by atoms with Gasteiger partial charge in [-0.3, -0.25) is 14.9 Å². The minimum absolute atomic E-state index is 0.0747. The summed E-state index contributed by atoms with van der Waals surface area (Å²) >= 11 is 0. The molecule has 2 aromatic heterocycles. The molecule has 0 bridgehead atoms. The quantitative estimate of drug-likeness (QED) is 0.145. The van der Waals surface area contributed by atoms with Gasteiger partial charge in [-0.05, 0) is 76.1 Å². The number of rotatable bonds is 9. The number of carbonyl (C=O) groups excluding carboxylic acids is 2. The van der Waals surface area contributed by atoms with E-state index in [-0.39, 0.29) is 42.1 Å². The summed E-state index contributed by atoms with van der Waals surface area (Å²) in [5.41, 5.74) is 1.38. The number of nitrogens with zero attached hydrogens (tertiary/aromatic N) is 3. The fourth-order valence-corrected chi connectivity index (χ4v) is 4.98. The summed E-state index contributed by atoms with van der Waals surface area (Å²) < 4.78 is 27.4. The standard InChI is InChI=1S/C28H29N3O9/c1-15(2)37-27(32)18-10-17-11-22(17)25(12-18)38-21-8-9-24(29-13-21)26-23(16(3)30-40-26)14-36-28(33)39-20-6-4-19(5-7-20)31(34)35/h4-9,13,15,17-18,22,25H,10-12,14H2,1-3H3/t17-,18-,22+,25-/m1/s1. The van der Waals surface area contributed by atoms with E-state index >= 15 is 0 Å². The van der Waals surface area contributed by atoms with Crippen molar-refractivity contribution in [3.63, 3.8) is 0 Å². The number of aryl methyl sites for hydroxylation is 1. The predicted octanol–water partition coefficient (Wildman–Crippen LogP) is 5.41. The molecule has 2 heterocycles. The highest BCUT2D eigenvalue weighted by atomic mass is 16.7. The van der Waals surface area contributed by atoms with Gasteiger partial charge < -0.3 is 23.5 Å². The minimum Gasteiger partial charge on any atom is -0.488 e. The van der Waals surface area contributed by atoms with E-state index in [9.17, 15) is 19.7 Å². The summed E-state index contributed by atoms with van der Waals surface area (Å²) in [5.74, 6) is 1.64. The second kappa shape index (κ2) is 11.3. The van der Waals surface area contributed by atoms with Crippen molar-refractivity contribution in [1.29, 1.82) is 0 Å². The van der Waals surface area contributed by atoms with Crippen LogP contribution in [0.2, 0.25) is 0 Å². The van der Waals surface area contributed by atoms with Crippen LogP contribution >= 0.6 is 0 Å². The van der Waals surface area contributed by atoms with Gasteiger partial charge in [0.25, 0.3) is 5.69 Å². The lowest BCUT2D eigenvalue weighted by Gasteiger charge is -2.28. The maximum absolute atomic E-state index is 12.5. The number of non-ortho nitro benzene ring substituents is 1. The lowest BCUT2D eigenvalue weighted by Crippen LogP contribution is -2.33. The normalized spacial score (nSPS) is 21.3. The van der Waals surface area contributed by atoms with Gasteiger partial charge in [-0.15, -0.1) is 0 Å². The Morgan fingerprint density at radius 1 is 1.10 bits per heavy atom. The number of esters is 1. The van der Waals surface area contributed by atoms with E-state index < -0.39 is 11.1 Å². The first-order valence-electron chi connectivity index (χ1n) is 13.1. The molecule has 2 fully saturated rings. The molecule has 210 valence electrons. The molecule has 0 saturated heterocycles. The number of hydrogen-bond donors (Lipinski definition) is 0. The largest absolute Gasteiger partial charge is 0.514 e. The predicted molar refractivity (Wildman–Crippen MR) is 138 cm³/mol. The number of hydrogen-bond acceptors (Lipinski definition) is 11. The molecule has 4 atom stereocenters. The molecule has 1 aromatic carbocycles. The number of fused-ring (bicyclic) bond motifs is 1. The Balaban J connectivity index is 1.19.